The summed E-state index contributed by atoms with van der Waals surface area (Å²) in [6.45, 7) is 3.29. The van der Waals surface area contributed by atoms with E-state index >= 15 is 0 Å². The average Bonchev–Trinajstić information content (AvgIpc) is 3.56. The van der Waals surface area contributed by atoms with Crippen LogP contribution in [0.5, 0.6) is 0 Å². The molecule has 1 amide bonds. The summed E-state index contributed by atoms with van der Waals surface area (Å²) >= 11 is 24.6. The molecule has 8 nitrogen and oxygen atoms in total. The summed E-state index contributed by atoms with van der Waals surface area (Å²) in [5, 5.41) is 1.18. The minimum absolute atomic E-state index is 0.0243. The van der Waals surface area contributed by atoms with Crippen LogP contribution in [0.1, 0.15) is 29.6 Å². The van der Waals surface area contributed by atoms with Crippen LogP contribution in [0.2, 0.25) is 20.1 Å². The number of furan rings is 1. The number of allylic oxidation sites excluding steroid dienone is 1. The van der Waals surface area contributed by atoms with Crippen molar-refractivity contribution in [2.75, 3.05) is 12.0 Å². The van der Waals surface area contributed by atoms with Crippen molar-refractivity contribution in [3.05, 3.63) is 132 Å². The fourth-order valence-electron chi connectivity index (χ4n) is 4.91. The molecule has 46 heavy (non-hydrogen) atoms. The van der Waals surface area contributed by atoms with E-state index in [-0.39, 0.29) is 45.7 Å². The van der Waals surface area contributed by atoms with E-state index in [1.165, 1.54) is 28.5 Å². The molecule has 1 aromatic heterocycles. The molecule has 0 bridgehead atoms. The van der Waals surface area contributed by atoms with Crippen molar-refractivity contribution < 1.29 is 27.2 Å². The Labute approximate surface area is 286 Å². The molecule has 13 heteroatoms. The molecule has 0 atom stereocenters. The molecule has 1 aliphatic rings. The van der Waals surface area contributed by atoms with Crippen molar-refractivity contribution in [1.82, 2.24) is 4.31 Å². The molecule has 0 N–H and O–H groups in total. The SMILES string of the molecule is COC(=O)C1=C(C)N(c2ccc(Cl)c(Cl)c2)C(=O)/C1=C/c1ccc(CN(Cc2ccc(Cl)c(Cl)c2)S(=O)(=O)c2ccc(C)cc2)o1. The van der Waals surface area contributed by atoms with E-state index in [9.17, 15) is 18.0 Å². The average molecular weight is 720 g/mol. The van der Waals surface area contributed by atoms with E-state index in [4.69, 9.17) is 55.6 Å². The summed E-state index contributed by atoms with van der Waals surface area (Å²) in [5.41, 5.74) is 2.32. The van der Waals surface area contributed by atoms with Crippen LogP contribution in [-0.2, 0) is 37.4 Å². The van der Waals surface area contributed by atoms with Crippen molar-refractivity contribution >= 4 is 80.1 Å². The third-order valence-electron chi connectivity index (χ3n) is 7.25. The number of hydrogen-bond donors (Lipinski definition) is 0. The van der Waals surface area contributed by atoms with E-state index in [0.29, 0.717) is 32.0 Å². The van der Waals surface area contributed by atoms with Crippen molar-refractivity contribution in [3.8, 4) is 0 Å². The van der Waals surface area contributed by atoms with Gasteiger partial charge in [-0.3, -0.25) is 9.69 Å². The summed E-state index contributed by atoms with van der Waals surface area (Å²) in [7, 11) is -2.79. The van der Waals surface area contributed by atoms with Gasteiger partial charge in [-0.05, 0) is 80.1 Å². The zero-order valence-corrected chi connectivity index (χ0v) is 28.5. The van der Waals surface area contributed by atoms with Gasteiger partial charge in [0.2, 0.25) is 10.0 Å². The number of hydrogen-bond acceptors (Lipinski definition) is 6. The molecular formula is C33H26Cl4N2O6S. The number of aryl methyl sites for hydroxylation is 1. The first-order valence-electron chi connectivity index (χ1n) is 13.7. The van der Waals surface area contributed by atoms with Gasteiger partial charge >= 0.3 is 5.97 Å². The maximum Gasteiger partial charge on any atom is 0.340 e. The summed E-state index contributed by atoms with van der Waals surface area (Å²) in [6.07, 6.45) is 1.41. The lowest BCUT2D eigenvalue weighted by molar-refractivity contribution is -0.136. The van der Waals surface area contributed by atoms with Crippen molar-refractivity contribution in [1.29, 1.82) is 0 Å². The number of sulfonamides is 1. The Hall–Kier alpha value is -3.57. The number of benzene rings is 3. The molecule has 5 rings (SSSR count). The Balaban J connectivity index is 1.50. The van der Waals surface area contributed by atoms with E-state index in [0.717, 1.165) is 5.56 Å². The van der Waals surface area contributed by atoms with Crippen molar-refractivity contribution in [2.45, 2.75) is 31.8 Å². The first kappa shape index (κ1) is 33.8. The fourth-order valence-corrected chi connectivity index (χ4v) is 6.92. The number of nitrogens with zero attached hydrogens (tertiary/aromatic N) is 2. The first-order chi connectivity index (χ1) is 21.8. The summed E-state index contributed by atoms with van der Waals surface area (Å²) in [6, 6.07) is 19.3. The molecule has 0 aliphatic carbocycles. The number of halogens is 4. The van der Waals surface area contributed by atoms with Crippen molar-refractivity contribution in [3.63, 3.8) is 0 Å². The third-order valence-corrected chi connectivity index (χ3v) is 10.5. The molecule has 0 radical (unpaired) electrons. The largest absolute Gasteiger partial charge is 0.465 e. The predicted octanol–water partition coefficient (Wildman–Crippen LogP) is 8.47. The fraction of sp³-hybridized carbons (Fsp3) is 0.152. The Morgan fingerprint density at radius 1 is 0.870 bits per heavy atom. The Morgan fingerprint density at radius 3 is 2.15 bits per heavy atom. The number of esters is 1. The van der Waals surface area contributed by atoms with Gasteiger partial charge in [-0.25, -0.2) is 13.2 Å². The summed E-state index contributed by atoms with van der Waals surface area (Å²) in [5.74, 6) is -0.735. The second kappa shape index (κ2) is 13.7. The van der Waals surface area contributed by atoms with Gasteiger partial charge in [0.15, 0.2) is 0 Å². The zero-order chi connectivity index (χ0) is 33.3. The van der Waals surface area contributed by atoms with Crippen LogP contribution in [0, 0.1) is 6.92 Å². The molecule has 0 fully saturated rings. The van der Waals surface area contributed by atoms with Gasteiger partial charge in [-0.15, -0.1) is 0 Å². The van der Waals surface area contributed by atoms with Crippen LogP contribution in [0.4, 0.5) is 5.69 Å². The van der Waals surface area contributed by atoms with Crippen LogP contribution in [-0.4, -0.2) is 31.7 Å². The molecule has 3 aromatic carbocycles. The Bertz CT molecular complexity index is 2020. The summed E-state index contributed by atoms with van der Waals surface area (Å²) in [4.78, 5) is 28.0. The lowest BCUT2D eigenvalue weighted by Crippen LogP contribution is -2.30. The number of carbonyl (C=O) groups excluding carboxylic acids is 2. The molecule has 1 aliphatic heterocycles. The first-order valence-corrected chi connectivity index (χ1v) is 16.7. The van der Waals surface area contributed by atoms with Gasteiger partial charge < -0.3 is 9.15 Å². The van der Waals surface area contributed by atoms with Crippen LogP contribution in [0.3, 0.4) is 0 Å². The minimum Gasteiger partial charge on any atom is -0.465 e. The second-order valence-corrected chi connectivity index (χ2v) is 14.0. The molecule has 4 aromatic rings. The van der Waals surface area contributed by atoms with Gasteiger partial charge in [-0.1, -0.05) is 70.2 Å². The van der Waals surface area contributed by atoms with Crippen LogP contribution < -0.4 is 4.90 Å². The molecule has 0 spiro atoms. The molecule has 238 valence electrons. The van der Waals surface area contributed by atoms with E-state index in [2.05, 4.69) is 0 Å². The highest BCUT2D eigenvalue weighted by molar-refractivity contribution is 7.89. The topological polar surface area (TPSA) is 97.1 Å². The number of carbonyl (C=O) groups is 2. The minimum atomic E-state index is -4.00. The number of rotatable bonds is 9. The number of amides is 1. The molecule has 0 saturated carbocycles. The standard InChI is InChI=1S/C33H26Cl4N2O6S/c1-19-4-10-25(11-5-19)46(42,43)38(17-21-6-12-27(34)29(36)14-21)18-24-9-8-23(45-24)16-26-31(33(41)44-3)20(2)39(32(26)40)22-7-13-28(35)30(37)15-22/h4-16H,17-18H2,1-3H3/b26-16+. The van der Waals surface area contributed by atoms with Gasteiger partial charge in [0.25, 0.3) is 5.91 Å². The van der Waals surface area contributed by atoms with Gasteiger partial charge in [-0.2, -0.15) is 4.31 Å². The third kappa shape index (κ3) is 6.90. The highest BCUT2D eigenvalue weighted by atomic mass is 35.5. The molecular weight excluding hydrogens is 694 g/mol. The lowest BCUT2D eigenvalue weighted by atomic mass is 10.1. The molecule has 0 unspecified atom stereocenters. The van der Waals surface area contributed by atoms with E-state index in [1.807, 2.05) is 6.92 Å². The maximum atomic E-state index is 13.8. The predicted molar refractivity (Wildman–Crippen MR) is 179 cm³/mol. The zero-order valence-electron chi connectivity index (χ0n) is 24.7. The smallest absolute Gasteiger partial charge is 0.340 e. The van der Waals surface area contributed by atoms with Gasteiger partial charge in [0.1, 0.15) is 11.5 Å². The quantitative estimate of drug-likeness (QED) is 0.127. The number of methoxy groups -OCH3 is 1. The van der Waals surface area contributed by atoms with Crippen molar-refractivity contribution in [2.24, 2.45) is 0 Å². The monoisotopic (exact) mass is 718 g/mol. The van der Waals surface area contributed by atoms with Gasteiger partial charge in [0.05, 0.1) is 55.5 Å². The van der Waals surface area contributed by atoms with Gasteiger partial charge in [0, 0.05) is 12.2 Å². The Morgan fingerprint density at radius 2 is 1.52 bits per heavy atom. The Kier molecular flexibility index (Phi) is 10.0. The van der Waals surface area contributed by atoms with Crippen LogP contribution >= 0.6 is 46.4 Å². The van der Waals surface area contributed by atoms with Crippen LogP contribution in [0.25, 0.3) is 6.08 Å². The lowest BCUT2D eigenvalue weighted by Gasteiger charge is -2.22. The maximum absolute atomic E-state index is 13.8. The second-order valence-electron chi connectivity index (χ2n) is 10.4. The van der Waals surface area contributed by atoms with Crippen LogP contribution in [0.15, 0.2) is 99.0 Å². The van der Waals surface area contributed by atoms with E-state index < -0.39 is 21.9 Å². The van der Waals surface area contributed by atoms with E-state index in [1.54, 1.807) is 73.7 Å². The number of anilines is 1. The summed E-state index contributed by atoms with van der Waals surface area (Å²) < 4.78 is 39.9. The highest BCUT2D eigenvalue weighted by Crippen LogP contribution is 2.38. The number of ether oxygens (including phenoxy) is 1. The molecule has 0 saturated heterocycles. The normalized spacial score (nSPS) is 14.6. The highest BCUT2D eigenvalue weighted by Gasteiger charge is 2.38. The molecule has 2 heterocycles.